The van der Waals surface area contributed by atoms with Crippen LogP contribution in [0, 0.1) is 11.3 Å². The average Bonchev–Trinajstić information content (AvgIpc) is 3.22. The summed E-state index contributed by atoms with van der Waals surface area (Å²) in [5.41, 5.74) is 0.308. The Kier molecular flexibility index (Phi) is 6.33. The maximum Gasteiger partial charge on any atom is 0.401 e. The number of ether oxygens (including phenoxy) is 1. The van der Waals surface area contributed by atoms with Crippen LogP contribution < -0.4 is 5.32 Å². The number of nitrogens with one attached hydrogen (secondary N) is 1. The molecule has 1 atom stereocenters. The van der Waals surface area contributed by atoms with Crippen molar-refractivity contribution in [3.05, 3.63) is 0 Å². The fourth-order valence-electron chi connectivity index (χ4n) is 4.49. The van der Waals surface area contributed by atoms with Gasteiger partial charge in [0.05, 0.1) is 13.2 Å². The summed E-state index contributed by atoms with van der Waals surface area (Å²) < 4.78 is 42.9. The van der Waals surface area contributed by atoms with E-state index in [-0.39, 0.29) is 0 Å². The van der Waals surface area contributed by atoms with E-state index in [1.54, 1.807) is 0 Å². The Balaban J connectivity index is 1.35. The van der Waals surface area contributed by atoms with Crippen LogP contribution in [0.2, 0.25) is 0 Å². The second-order valence-corrected chi connectivity index (χ2v) is 8.07. The van der Waals surface area contributed by atoms with Gasteiger partial charge >= 0.3 is 6.18 Å². The van der Waals surface area contributed by atoms with Gasteiger partial charge in [-0.1, -0.05) is 0 Å². The van der Waals surface area contributed by atoms with Crippen molar-refractivity contribution in [3.63, 3.8) is 0 Å². The monoisotopic (exact) mass is 376 g/mol. The van der Waals surface area contributed by atoms with Gasteiger partial charge in [0, 0.05) is 38.7 Å². The van der Waals surface area contributed by atoms with Gasteiger partial charge < -0.3 is 15.0 Å². The molecular formula is C18H31F3N4O. The molecule has 1 spiro atoms. The Hall–Kier alpha value is -1.02. The SMILES string of the molecule is CN=C(NCCC1CCN(CC(F)(F)F)CC1)N1CCC2(CCOC2)C1. The molecule has 1 N–H and O–H groups in total. The van der Waals surface area contributed by atoms with E-state index in [0.717, 1.165) is 70.9 Å². The van der Waals surface area contributed by atoms with Crippen LogP contribution in [-0.4, -0.2) is 81.5 Å². The smallest absolute Gasteiger partial charge is 0.381 e. The van der Waals surface area contributed by atoms with Crippen molar-refractivity contribution in [2.45, 2.75) is 38.3 Å². The fraction of sp³-hybridized carbons (Fsp3) is 0.944. The molecule has 3 fully saturated rings. The number of halogens is 3. The van der Waals surface area contributed by atoms with Gasteiger partial charge in [-0.3, -0.25) is 9.89 Å². The van der Waals surface area contributed by atoms with Crippen molar-refractivity contribution in [1.29, 1.82) is 0 Å². The summed E-state index contributed by atoms with van der Waals surface area (Å²) in [6, 6.07) is 0. The first-order valence-corrected chi connectivity index (χ1v) is 9.72. The lowest BCUT2D eigenvalue weighted by Gasteiger charge is -2.32. The Bertz CT molecular complexity index is 483. The third-order valence-corrected chi connectivity index (χ3v) is 6.08. The summed E-state index contributed by atoms with van der Waals surface area (Å²) in [7, 11) is 1.81. The summed E-state index contributed by atoms with van der Waals surface area (Å²) in [6.07, 6.45) is 0.892. The zero-order valence-electron chi connectivity index (χ0n) is 15.7. The molecule has 150 valence electrons. The fourth-order valence-corrected chi connectivity index (χ4v) is 4.49. The number of alkyl halides is 3. The van der Waals surface area contributed by atoms with Crippen LogP contribution in [0.15, 0.2) is 4.99 Å². The molecule has 0 radical (unpaired) electrons. The van der Waals surface area contributed by atoms with Crippen molar-refractivity contribution in [1.82, 2.24) is 15.1 Å². The molecule has 3 aliphatic rings. The van der Waals surface area contributed by atoms with E-state index in [1.165, 1.54) is 4.90 Å². The van der Waals surface area contributed by atoms with E-state index in [9.17, 15) is 13.2 Å². The molecule has 3 aliphatic heterocycles. The van der Waals surface area contributed by atoms with E-state index in [2.05, 4.69) is 15.2 Å². The Morgan fingerprint density at radius 3 is 2.62 bits per heavy atom. The molecular weight excluding hydrogens is 345 g/mol. The van der Waals surface area contributed by atoms with E-state index in [1.807, 2.05) is 7.05 Å². The van der Waals surface area contributed by atoms with Crippen molar-refractivity contribution >= 4 is 5.96 Å². The van der Waals surface area contributed by atoms with Crippen LogP contribution in [0.4, 0.5) is 13.2 Å². The average molecular weight is 376 g/mol. The highest BCUT2D eigenvalue weighted by atomic mass is 19.4. The number of piperidine rings is 1. The lowest BCUT2D eigenvalue weighted by molar-refractivity contribution is -0.148. The van der Waals surface area contributed by atoms with E-state index in [0.29, 0.717) is 24.4 Å². The molecule has 3 saturated heterocycles. The normalized spacial score (nSPS) is 29.1. The lowest BCUT2D eigenvalue weighted by Crippen LogP contribution is -2.43. The summed E-state index contributed by atoms with van der Waals surface area (Å²) >= 11 is 0. The third kappa shape index (κ3) is 5.25. The van der Waals surface area contributed by atoms with Gasteiger partial charge in [-0.2, -0.15) is 13.2 Å². The van der Waals surface area contributed by atoms with Crippen LogP contribution in [0.3, 0.4) is 0 Å². The van der Waals surface area contributed by atoms with Crippen molar-refractivity contribution in [2.24, 2.45) is 16.3 Å². The number of rotatable bonds is 4. The Morgan fingerprint density at radius 2 is 2.00 bits per heavy atom. The predicted molar refractivity (Wildman–Crippen MR) is 95.3 cm³/mol. The first-order chi connectivity index (χ1) is 12.4. The summed E-state index contributed by atoms with van der Waals surface area (Å²) in [5, 5.41) is 3.46. The van der Waals surface area contributed by atoms with Gasteiger partial charge in [-0.05, 0) is 51.1 Å². The standard InChI is InChI=1S/C18H31F3N4O/c1-22-16(25-10-5-17(12-25)6-11-26-14-17)23-7-2-15-3-8-24(9-4-15)13-18(19,20)21/h15H,2-14H2,1H3,(H,22,23). The molecule has 3 rings (SSSR count). The molecule has 0 aromatic carbocycles. The van der Waals surface area contributed by atoms with Gasteiger partial charge in [0.25, 0.3) is 0 Å². The number of hydrogen-bond donors (Lipinski definition) is 1. The second kappa shape index (κ2) is 8.33. The Labute approximate surface area is 154 Å². The first-order valence-electron chi connectivity index (χ1n) is 9.72. The van der Waals surface area contributed by atoms with E-state index in [4.69, 9.17) is 4.74 Å². The number of aliphatic imine (C=N–C) groups is 1. The number of nitrogens with zero attached hydrogens (tertiary/aromatic N) is 3. The molecule has 0 aromatic rings. The topological polar surface area (TPSA) is 40.1 Å². The minimum absolute atomic E-state index is 0.308. The van der Waals surface area contributed by atoms with Crippen molar-refractivity contribution < 1.29 is 17.9 Å². The van der Waals surface area contributed by atoms with Crippen LogP contribution in [-0.2, 0) is 4.74 Å². The second-order valence-electron chi connectivity index (χ2n) is 8.07. The Morgan fingerprint density at radius 1 is 1.23 bits per heavy atom. The van der Waals surface area contributed by atoms with Crippen LogP contribution in [0.25, 0.3) is 0 Å². The third-order valence-electron chi connectivity index (χ3n) is 6.08. The molecule has 1 unspecified atom stereocenters. The highest BCUT2D eigenvalue weighted by Gasteiger charge is 2.42. The number of likely N-dealkylation sites (tertiary alicyclic amines) is 2. The van der Waals surface area contributed by atoms with E-state index < -0.39 is 12.7 Å². The lowest BCUT2D eigenvalue weighted by atomic mass is 9.87. The first kappa shape index (κ1) is 19.7. The van der Waals surface area contributed by atoms with Gasteiger partial charge in [0.2, 0.25) is 0 Å². The molecule has 5 nitrogen and oxygen atoms in total. The number of hydrogen-bond acceptors (Lipinski definition) is 3. The van der Waals surface area contributed by atoms with Gasteiger partial charge in [0.15, 0.2) is 5.96 Å². The van der Waals surface area contributed by atoms with Crippen LogP contribution in [0.5, 0.6) is 0 Å². The van der Waals surface area contributed by atoms with Crippen LogP contribution in [0.1, 0.15) is 32.1 Å². The molecule has 0 saturated carbocycles. The zero-order valence-corrected chi connectivity index (χ0v) is 15.7. The van der Waals surface area contributed by atoms with E-state index >= 15 is 0 Å². The molecule has 26 heavy (non-hydrogen) atoms. The molecule has 0 aromatic heterocycles. The highest BCUT2D eigenvalue weighted by molar-refractivity contribution is 5.80. The van der Waals surface area contributed by atoms with Crippen molar-refractivity contribution in [3.8, 4) is 0 Å². The maximum atomic E-state index is 12.4. The molecule has 0 aliphatic carbocycles. The molecule has 0 amide bonds. The van der Waals surface area contributed by atoms with Gasteiger partial charge in [-0.15, -0.1) is 0 Å². The van der Waals surface area contributed by atoms with Gasteiger partial charge in [-0.25, -0.2) is 0 Å². The van der Waals surface area contributed by atoms with Crippen LogP contribution >= 0.6 is 0 Å². The number of guanidine groups is 1. The van der Waals surface area contributed by atoms with Crippen molar-refractivity contribution in [2.75, 3.05) is 59.5 Å². The quantitative estimate of drug-likeness (QED) is 0.604. The minimum Gasteiger partial charge on any atom is -0.381 e. The predicted octanol–water partition coefficient (Wildman–Crippen LogP) is 2.34. The molecule has 8 heteroatoms. The maximum absolute atomic E-state index is 12.4. The summed E-state index contributed by atoms with van der Waals surface area (Å²) in [5.74, 6) is 1.45. The largest absolute Gasteiger partial charge is 0.401 e. The molecule has 0 bridgehead atoms. The summed E-state index contributed by atoms with van der Waals surface area (Å²) in [4.78, 5) is 8.26. The molecule has 3 heterocycles. The highest BCUT2D eigenvalue weighted by Crippen LogP contribution is 2.38. The van der Waals surface area contributed by atoms with Gasteiger partial charge in [0.1, 0.15) is 0 Å². The minimum atomic E-state index is -4.08. The summed E-state index contributed by atoms with van der Waals surface area (Å²) in [6.45, 7) is 4.90. The zero-order chi connectivity index (χ0) is 18.6.